The van der Waals surface area contributed by atoms with Gasteiger partial charge in [0.1, 0.15) is 5.75 Å². The fourth-order valence-electron chi connectivity index (χ4n) is 3.58. The SMILES string of the molecule is CCCS(=O)(=O)N1CCCc2ccc(NS(=O)(=O)c3ccc(OCC)c(C)c3)cc21. The molecule has 1 aliphatic rings. The van der Waals surface area contributed by atoms with E-state index < -0.39 is 20.0 Å². The van der Waals surface area contributed by atoms with E-state index in [-0.39, 0.29) is 10.6 Å². The molecule has 3 rings (SSSR count). The third-order valence-corrected chi connectivity index (χ3v) is 8.32. The van der Waals surface area contributed by atoms with Crippen molar-refractivity contribution in [3.8, 4) is 5.75 Å². The van der Waals surface area contributed by atoms with Gasteiger partial charge in [-0.2, -0.15) is 0 Å². The van der Waals surface area contributed by atoms with Crippen molar-refractivity contribution in [3.63, 3.8) is 0 Å². The Morgan fingerprint density at radius 1 is 1.07 bits per heavy atom. The van der Waals surface area contributed by atoms with Gasteiger partial charge in [0.25, 0.3) is 10.0 Å². The van der Waals surface area contributed by atoms with Crippen LogP contribution in [0.2, 0.25) is 0 Å². The quantitative estimate of drug-likeness (QED) is 0.659. The van der Waals surface area contributed by atoms with Crippen molar-refractivity contribution < 1.29 is 21.6 Å². The summed E-state index contributed by atoms with van der Waals surface area (Å²) >= 11 is 0. The van der Waals surface area contributed by atoms with Crippen LogP contribution in [0.1, 0.15) is 37.8 Å². The second kappa shape index (κ2) is 8.85. The van der Waals surface area contributed by atoms with E-state index >= 15 is 0 Å². The smallest absolute Gasteiger partial charge is 0.261 e. The number of benzene rings is 2. The Labute approximate surface area is 179 Å². The topological polar surface area (TPSA) is 92.8 Å². The molecular formula is C21H28N2O5S2. The number of aryl methyl sites for hydroxylation is 2. The molecule has 0 fully saturated rings. The van der Waals surface area contributed by atoms with Crippen molar-refractivity contribution in [1.29, 1.82) is 0 Å². The number of fused-ring (bicyclic) bond motifs is 1. The summed E-state index contributed by atoms with van der Waals surface area (Å²) in [6.07, 6.45) is 2.03. The highest BCUT2D eigenvalue weighted by molar-refractivity contribution is 7.93. The van der Waals surface area contributed by atoms with Gasteiger partial charge in [-0.15, -0.1) is 0 Å². The minimum Gasteiger partial charge on any atom is -0.494 e. The van der Waals surface area contributed by atoms with Crippen molar-refractivity contribution >= 4 is 31.4 Å². The van der Waals surface area contributed by atoms with Crippen LogP contribution in [0.3, 0.4) is 0 Å². The van der Waals surface area contributed by atoms with E-state index in [1.807, 2.05) is 13.8 Å². The highest BCUT2D eigenvalue weighted by Crippen LogP contribution is 2.33. The average Bonchev–Trinajstić information content (AvgIpc) is 2.68. The maximum atomic E-state index is 12.9. The monoisotopic (exact) mass is 452 g/mol. The van der Waals surface area contributed by atoms with Crippen LogP contribution in [-0.2, 0) is 26.5 Å². The fourth-order valence-corrected chi connectivity index (χ4v) is 6.33. The summed E-state index contributed by atoms with van der Waals surface area (Å²) in [5.41, 5.74) is 2.51. The van der Waals surface area contributed by atoms with Crippen molar-refractivity contribution in [2.45, 2.75) is 44.9 Å². The highest BCUT2D eigenvalue weighted by atomic mass is 32.2. The zero-order chi connectivity index (χ0) is 21.9. The molecule has 0 bridgehead atoms. The minimum atomic E-state index is -3.83. The number of anilines is 2. The van der Waals surface area contributed by atoms with Crippen molar-refractivity contribution in [1.82, 2.24) is 0 Å². The molecule has 0 amide bonds. The molecule has 0 saturated carbocycles. The van der Waals surface area contributed by atoms with Gasteiger partial charge in [-0.1, -0.05) is 13.0 Å². The molecule has 0 aliphatic carbocycles. The molecule has 0 spiro atoms. The number of rotatable bonds is 8. The maximum absolute atomic E-state index is 12.9. The Bertz CT molecular complexity index is 1130. The number of sulfonamides is 2. The van der Waals surface area contributed by atoms with Crippen LogP contribution in [0.5, 0.6) is 5.75 Å². The first-order valence-electron chi connectivity index (χ1n) is 10.1. The number of hydrogen-bond donors (Lipinski definition) is 1. The number of nitrogens with one attached hydrogen (secondary N) is 1. The normalized spacial score (nSPS) is 14.3. The molecule has 1 aliphatic heterocycles. The van der Waals surface area contributed by atoms with Crippen molar-refractivity contribution in [2.24, 2.45) is 0 Å². The molecule has 2 aromatic carbocycles. The molecule has 1 N–H and O–H groups in total. The van der Waals surface area contributed by atoms with Gasteiger partial charge in [0, 0.05) is 6.54 Å². The van der Waals surface area contributed by atoms with Gasteiger partial charge in [0.2, 0.25) is 10.0 Å². The molecule has 1 heterocycles. The predicted molar refractivity (Wildman–Crippen MR) is 119 cm³/mol. The lowest BCUT2D eigenvalue weighted by atomic mass is 10.0. The molecule has 7 nitrogen and oxygen atoms in total. The molecule has 0 radical (unpaired) electrons. The lowest BCUT2D eigenvalue weighted by molar-refractivity contribution is 0.337. The molecular weight excluding hydrogens is 424 g/mol. The highest BCUT2D eigenvalue weighted by Gasteiger charge is 2.27. The Morgan fingerprint density at radius 3 is 2.50 bits per heavy atom. The van der Waals surface area contributed by atoms with E-state index in [1.54, 1.807) is 37.3 Å². The fraction of sp³-hybridized carbons (Fsp3) is 0.429. The van der Waals surface area contributed by atoms with Gasteiger partial charge >= 0.3 is 0 Å². The maximum Gasteiger partial charge on any atom is 0.261 e. The first-order valence-corrected chi connectivity index (χ1v) is 13.2. The Balaban J connectivity index is 1.92. The minimum absolute atomic E-state index is 0.0633. The zero-order valence-corrected chi connectivity index (χ0v) is 19.1. The van der Waals surface area contributed by atoms with Crippen LogP contribution < -0.4 is 13.8 Å². The Morgan fingerprint density at radius 2 is 1.83 bits per heavy atom. The Kier molecular flexibility index (Phi) is 6.62. The first-order chi connectivity index (χ1) is 14.2. The predicted octanol–water partition coefficient (Wildman–Crippen LogP) is 3.69. The van der Waals surface area contributed by atoms with Gasteiger partial charge in [0.05, 0.1) is 28.6 Å². The van der Waals surface area contributed by atoms with E-state index in [0.717, 1.165) is 24.0 Å². The van der Waals surface area contributed by atoms with Crippen LogP contribution in [0.25, 0.3) is 0 Å². The summed E-state index contributed by atoms with van der Waals surface area (Å²) in [4.78, 5) is 0.122. The van der Waals surface area contributed by atoms with Crippen molar-refractivity contribution in [3.05, 3.63) is 47.5 Å². The third-order valence-electron chi connectivity index (χ3n) is 4.97. The summed E-state index contributed by atoms with van der Waals surface area (Å²) in [5.74, 6) is 0.704. The summed E-state index contributed by atoms with van der Waals surface area (Å²) in [7, 11) is -7.26. The van der Waals surface area contributed by atoms with E-state index in [2.05, 4.69) is 4.72 Å². The van der Waals surface area contributed by atoms with E-state index in [4.69, 9.17) is 4.74 Å². The second-order valence-corrected chi connectivity index (χ2v) is 11.0. The molecule has 164 valence electrons. The molecule has 0 unspecified atom stereocenters. The number of nitrogens with zero attached hydrogens (tertiary/aromatic N) is 1. The molecule has 9 heteroatoms. The van der Waals surface area contributed by atoms with Gasteiger partial charge < -0.3 is 4.74 Å². The van der Waals surface area contributed by atoms with Crippen LogP contribution in [0.15, 0.2) is 41.3 Å². The second-order valence-electron chi connectivity index (χ2n) is 7.30. The van der Waals surface area contributed by atoms with Gasteiger partial charge in [0.15, 0.2) is 0 Å². The summed E-state index contributed by atoms with van der Waals surface area (Å²) in [6, 6.07) is 9.78. The molecule has 0 atom stereocenters. The number of hydrogen-bond acceptors (Lipinski definition) is 5. The Hall–Kier alpha value is -2.26. The number of ether oxygens (including phenoxy) is 1. The first kappa shape index (κ1) is 22.4. The molecule has 2 aromatic rings. The van der Waals surface area contributed by atoms with Gasteiger partial charge in [-0.05, 0) is 74.6 Å². The van der Waals surface area contributed by atoms with Gasteiger partial charge in [-0.3, -0.25) is 9.03 Å². The lowest BCUT2D eigenvalue weighted by Crippen LogP contribution is -2.37. The van der Waals surface area contributed by atoms with E-state index in [9.17, 15) is 16.8 Å². The van der Waals surface area contributed by atoms with Gasteiger partial charge in [-0.25, -0.2) is 16.8 Å². The largest absolute Gasteiger partial charge is 0.494 e. The summed E-state index contributed by atoms with van der Waals surface area (Å²) in [5, 5.41) is 0. The molecule has 30 heavy (non-hydrogen) atoms. The van der Waals surface area contributed by atoms with Crippen LogP contribution in [-0.4, -0.2) is 35.7 Å². The van der Waals surface area contributed by atoms with E-state index in [1.165, 1.54) is 10.4 Å². The average molecular weight is 453 g/mol. The van der Waals surface area contributed by atoms with E-state index in [0.29, 0.717) is 36.7 Å². The molecule has 0 saturated heterocycles. The standard InChI is InChI=1S/C21H28N2O5S2/c1-4-13-29(24,25)23-12-6-7-17-8-9-18(15-20(17)23)22-30(26,27)19-10-11-21(28-5-2)16(3)14-19/h8-11,14-15,22H,4-7,12-13H2,1-3H3. The molecule has 0 aromatic heterocycles. The lowest BCUT2D eigenvalue weighted by Gasteiger charge is -2.31. The van der Waals surface area contributed by atoms with Crippen LogP contribution >= 0.6 is 0 Å². The third kappa shape index (κ3) is 4.73. The van der Waals surface area contributed by atoms with Crippen molar-refractivity contribution in [2.75, 3.05) is 27.9 Å². The van der Waals surface area contributed by atoms with Crippen LogP contribution in [0.4, 0.5) is 11.4 Å². The zero-order valence-electron chi connectivity index (χ0n) is 17.5. The summed E-state index contributed by atoms with van der Waals surface area (Å²) in [6.45, 7) is 6.39. The van der Waals surface area contributed by atoms with Crippen LogP contribution in [0, 0.1) is 6.92 Å². The summed E-state index contributed by atoms with van der Waals surface area (Å²) < 4.78 is 60.6.